The van der Waals surface area contributed by atoms with Crippen molar-refractivity contribution in [3.8, 4) is 11.1 Å². The van der Waals surface area contributed by atoms with Gasteiger partial charge in [0.05, 0.1) is 7.11 Å². The third-order valence-corrected chi connectivity index (χ3v) is 3.88. The minimum absolute atomic E-state index is 0.140. The van der Waals surface area contributed by atoms with Crippen molar-refractivity contribution in [3.63, 3.8) is 0 Å². The quantitative estimate of drug-likeness (QED) is 0.730. The average molecular weight is 323 g/mol. The Morgan fingerprint density at radius 3 is 2.67 bits per heavy atom. The molecule has 2 aromatic carbocycles. The highest BCUT2D eigenvalue weighted by atomic mass is 16.5. The van der Waals surface area contributed by atoms with E-state index in [1.54, 1.807) is 6.07 Å². The fourth-order valence-electron chi connectivity index (χ4n) is 2.74. The summed E-state index contributed by atoms with van der Waals surface area (Å²) in [5.74, 6) is -0.727. The Bertz CT molecular complexity index is 911. The molecule has 0 spiro atoms. The first-order valence-corrected chi connectivity index (χ1v) is 7.57. The van der Waals surface area contributed by atoms with Gasteiger partial charge >= 0.3 is 5.97 Å². The number of amides is 1. The number of esters is 1. The van der Waals surface area contributed by atoms with E-state index in [0.29, 0.717) is 24.0 Å². The van der Waals surface area contributed by atoms with Gasteiger partial charge in [-0.2, -0.15) is 0 Å². The third-order valence-electron chi connectivity index (χ3n) is 3.88. The van der Waals surface area contributed by atoms with Crippen molar-refractivity contribution in [2.75, 3.05) is 7.11 Å². The fourth-order valence-corrected chi connectivity index (χ4v) is 2.74. The van der Waals surface area contributed by atoms with Gasteiger partial charge in [-0.3, -0.25) is 9.59 Å². The predicted molar refractivity (Wildman–Crippen MR) is 90.5 cm³/mol. The summed E-state index contributed by atoms with van der Waals surface area (Å²) in [7, 11) is 1.37. The molecular weight excluding hydrogens is 306 g/mol. The maximum absolute atomic E-state index is 11.8. The second kappa shape index (κ2) is 6.58. The molecule has 0 unspecified atom stereocenters. The molecule has 0 saturated carbocycles. The van der Waals surface area contributed by atoms with Gasteiger partial charge in [-0.05, 0) is 23.6 Å². The summed E-state index contributed by atoms with van der Waals surface area (Å²) in [6.07, 6.45) is 0.858. The highest BCUT2D eigenvalue weighted by Crippen LogP contribution is 2.35. The third kappa shape index (κ3) is 3.01. The smallest absolute Gasteiger partial charge is 0.305 e. The minimum atomic E-state index is -0.610. The van der Waals surface area contributed by atoms with Crippen molar-refractivity contribution in [3.05, 3.63) is 59.9 Å². The second-order valence-corrected chi connectivity index (χ2v) is 5.44. The van der Waals surface area contributed by atoms with Crippen molar-refractivity contribution in [2.24, 2.45) is 5.73 Å². The molecule has 1 aromatic heterocycles. The summed E-state index contributed by atoms with van der Waals surface area (Å²) in [4.78, 5) is 23.1. The number of carbonyl (C=O) groups excluding carboxylic acids is 2. The van der Waals surface area contributed by atoms with Gasteiger partial charge in [0.1, 0.15) is 5.58 Å². The number of para-hydroxylation sites is 1. The molecule has 0 aliphatic heterocycles. The van der Waals surface area contributed by atoms with E-state index >= 15 is 0 Å². The maximum Gasteiger partial charge on any atom is 0.305 e. The number of hydrogen-bond donors (Lipinski definition) is 1. The van der Waals surface area contributed by atoms with E-state index in [1.165, 1.54) is 7.11 Å². The Hall–Kier alpha value is -3.08. The molecule has 0 fully saturated rings. The molecule has 5 nitrogen and oxygen atoms in total. The number of nitrogens with two attached hydrogens (primary N) is 1. The summed E-state index contributed by atoms with van der Waals surface area (Å²) >= 11 is 0. The van der Waals surface area contributed by atoms with Crippen LogP contribution in [0.4, 0.5) is 0 Å². The molecule has 122 valence electrons. The molecule has 24 heavy (non-hydrogen) atoms. The predicted octanol–water partition coefficient (Wildman–Crippen LogP) is 3.30. The molecule has 0 aliphatic carbocycles. The Morgan fingerprint density at radius 1 is 1.12 bits per heavy atom. The fraction of sp³-hybridized carbons (Fsp3) is 0.158. The van der Waals surface area contributed by atoms with Crippen LogP contribution in [0.2, 0.25) is 0 Å². The SMILES string of the molecule is COC(=O)CCc1cccc(-c2c(C(N)=O)oc3ccccc23)c1. The summed E-state index contributed by atoms with van der Waals surface area (Å²) in [5, 5.41) is 0.830. The summed E-state index contributed by atoms with van der Waals surface area (Å²) in [5.41, 5.74) is 8.57. The second-order valence-electron chi connectivity index (χ2n) is 5.44. The van der Waals surface area contributed by atoms with Crippen LogP contribution in [0.5, 0.6) is 0 Å². The lowest BCUT2D eigenvalue weighted by molar-refractivity contribution is -0.140. The lowest BCUT2D eigenvalue weighted by atomic mass is 9.98. The van der Waals surface area contributed by atoms with Gasteiger partial charge in [-0.15, -0.1) is 0 Å². The number of rotatable bonds is 5. The van der Waals surface area contributed by atoms with Crippen LogP contribution in [0.25, 0.3) is 22.1 Å². The minimum Gasteiger partial charge on any atom is -0.469 e. The van der Waals surface area contributed by atoms with E-state index in [1.807, 2.05) is 42.5 Å². The highest BCUT2D eigenvalue weighted by molar-refractivity contribution is 6.07. The van der Waals surface area contributed by atoms with E-state index in [0.717, 1.165) is 16.5 Å². The van der Waals surface area contributed by atoms with Crippen LogP contribution >= 0.6 is 0 Å². The topological polar surface area (TPSA) is 82.5 Å². The maximum atomic E-state index is 11.8. The van der Waals surface area contributed by atoms with Gasteiger partial charge in [0.2, 0.25) is 0 Å². The van der Waals surface area contributed by atoms with E-state index in [2.05, 4.69) is 4.74 Å². The van der Waals surface area contributed by atoms with Crippen LogP contribution in [0.15, 0.2) is 52.9 Å². The number of hydrogen-bond acceptors (Lipinski definition) is 4. The highest BCUT2D eigenvalue weighted by Gasteiger charge is 2.19. The summed E-state index contributed by atoms with van der Waals surface area (Å²) in [6, 6.07) is 15.1. The molecule has 0 aliphatic rings. The number of aryl methyl sites for hydroxylation is 1. The number of fused-ring (bicyclic) bond motifs is 1. The van der Waals surface area contributed by atoms with Gasteiger partial charge in [0.25, 0.3) is 5.91 Å². The Morgan fingerprint density at radius 2 is 1.92 bits per heavy atom. The van der Waals surface area contributed by atoms with Crippen LogP contribution in [0, 0.1) is 0 Å². The van der Waals surface area contributed by atoms with E-state index in [9.17, 15) is 9.59 Å². The number of benzene rings is 2. The van der Waals surface area contributed by atoms with Crippen molar-refractivity contribution in [1.29, 1.82) is 0 Å². The van der Waals surface area contributed by atoms with Gasteiger partial charge in [0.15, 0.2) is 5.76 Å². The molecule has 3 aromatic rings. The molecule has 0 saturated heterocycles. The van der Waals surface area contributed by atoms with Gasteiger partial charge in [-0.25, -0.2) is 0 Å². The van der Waals surface area contributed by atoms with E-state index in [-0.39, 0.29) is 11.7 Å². The molecule has 1 amide bonds. The van der Waals surface area contributed by atoms with Crippen LogP contribution in [-0.2, 0) is 16.0 Å². The molecule has 0 bridgehead atoms. The Balaban J connectivity index is 2.05. The van der Waals surface area contributed by atoms with Crippen LogP contribution in [0.3, 0.4) is 0 Å². The first kappa shape index (κ1) is 15.8. The molecule has 3 rings (SSSR count). The lowest BCUT2D eigenvalue weighted by Crippen LogP contribution is -2.10. The Kier molecular flexibility index (Phi) is 4.33. The average Bonchev–Trinajstić information content (AvgIpc) is 2.99. The molecule has 2 N–H and O–H groups in total. The molecular formula is C19H17NO4. The zero-order chi connectivity index (χ0) is 17.1. The zero-order valence-electron chi connectivity index (χ0n) is 13.2. The van der Waals surface area contributed by atoms with Crippen LogP contribution < -0.4 is 5.73 Å². The van der Waals surface area contributed by atoms with Crippen molar-refractivity contribution in [1.82, 2.24) is 0 Å². The van der Waals surface area contributed by atoms with Crippen molar-refractivity contribution >= 4 is 22.8 Å². The molecule has 1 heterocycles. The monoisotopic (exact) mass is 323 g/mol. The Labute approximate surface area is 139 Å². The molecule has 0 atom stereocenters. The number of ether oxygens (including phenoxy) is 1. The summed E-state index contributed by atoms with van der Waals surface area (Å²) < 4.78 is 10.3. The molecule has 5 heteroatoms. The lowest BCUT2D eigenvalue weighted by Gasteiger charge is -2.05. The number of methoxy groups -OCH3 is 1. The largest absolute Gasteiger partial charge is 0.469 e. The molecule has 0 radical (unpaired) electrons. The summed E-state index contributed by atoms with van der Waals surface area (Å²) in [6.45, 7) is 0. The van der Waals surface area contributed by atoms with Crippen LogP contribution in [-0.4, -0.2) is 19.0 Å². The number of primary amides is 1. The first-order chi connectivity index (χ1) is 11.6. The zero-order valence-corrected chi connectivity index (χ0v) is 13.2. The van der Waals surface area contributed by atoms with Crippen molar-refractivity contribution in [2.45, 2.75) is 12.8 Å². The standard InChI is InChI=1S/C19H17NO4/c1-23-16(21)10-9-12-5-4-6-13(11-12)17-14-7-2-3-8-15(14)24-18(17)19(20)22/h2-8,11H,9-10H2,1H3,(H2,20,22). The van der Waals surface area contributed by atoms with Crippen LogP contribution in [0.1, 0.15) is 22.5 Å². The van der Waals surface area contributed by atoms with E-state index < -0.39 is 5.91 Å². The number of carbonyl (C=O) groups is 2. The first-order valence-electron chi connectivity index (χ1n) is 7.57. The van der Waals surface area contributed by atoms with Gasteiger partial charge in [-0.1, -0.05) is 42.5 Å². The normalized spacial score (nSPS) is 10.7. The van der Waals surface area contributed by atoms with Gasteiger partial charge < -0.3 is 14.9 Å². The van der Waals surface area contributed by atoms with E-state index in [4.69, 9.17) is 10.2 Å². The number of furan rings is 1. The van der Waals surface area contributed by atoms with Gasteiger partial charge in [0, 0.05) is 17.4 Å². The van der Waals surface area contributed by atoms with Crippen molar-refractivity contribution < 1.29 is 18.7 Å².